The largest absolute Gasteiger partial charge is 0.396 e. The lowest BCUT2D eigenvalue weighted by atomic mass is 9.80. The Hall–Kier alpha value is -0.0800. The summed E-state index contributed by atoms with van der Waals surface area (Å²) in [6.45, 7) is 4.97. The van der Waals surface area contributed by atoms with Crippen LogP contribution in [0.3, 0.4) is 0 Å². The molecule has 2 saturated carbocycles. The van der Waals surface area contributed by atoms with Crippen LogP contribution in [0.15, 0.2) is 0 Å². The molecule has 2 aliphatic rings. The molecule has 0 aromatic heterocycles. The van der Waals surface area contributed by atoms with Crippen molar-refractivity contribution in [3.05, 3.63) is 0 Å². The molecule has 0 aliphatic heterocycles. The van der Waals surface area contributed by atoms with Gasteiger partial charge >= 0.3 is 0 Å². The molecule has 2 rings (SSSR count). The van der Waals surface area contributed by atoms with Gasteiger partial charge in [-0.05, 0) is 32.2 Å². The first-order chi connectivity index (χ1) is 7.79. The minimum Gasteiger partial charge on any atom is -0.396 e. The van der Waals surface area contributed by atoms with Gasteiger partial charge in [-0.25, -0.2) is 0 Å². The normalized spacial score (nSPS) is 25.7. The molecule has 0 unspecified atom stereocenters. The van der Waals surface area contributed by atoms with Gasteiger partial charge < -0.3 is 10.0 Å². The summed E-state index contributed by atoms with van der Waals surface area (Å²) in [5, 5.41) is 9.79. The van der Waals surface area contributed by atoms with Crippen LogP contribution in [-0.4, -0.2) is 35.7 Å². The zero-order valence-corrected chi connectivity index (χ0v) is 10.7. The van der Waals surface area contributed by atoms with Crippen molar-refractivity contribution in [1.29, 1.82) is 0 Å². The van der Waals surface area contributed by atoms with E-state index in [0.717, 1.165) is 19.1 Å². The molecule has 0 aromatic carbocycles. The average Bonchev–Trinajstić information content (AvgIpc) is 3.13. The zero-order valence-electron chi connectivity index (χ0n) is 10.7. The lowest BCUT2D eigenvalue weighted by Gasteiger charge is -2.36. The molecule has 2 aliphatic carbocycles. The van der Waals surface area contributed by atoms with Gasteiger partial charge in [-0.15, -0.1) is 0 Å². The van der Waals surface area contributed by atoms with Crippen molar-refractivity contribution >= 4 is 0 Å². The first-order valence-corrected chi connectivity index (χ1v) is 7.14. The molecule has 0 aromatic rings. The Bertz CT molecular complexity index is 205. The molecule has 2 heteroatoms. The van der Waals surface area contributed by atoms with Crippen LogP contribution in [0, 0.1) is 5.41 Å². The van der Waals surface area contributed by atoms with E-state index >= 15 is 0 Å². The highest BCUT2D eigenvalue weighted by Crippen LogP contribution is 2.38. The Kier molecular flexibility index (Phi) is 4.26. The summed E-state index contributed by atoms with van der Waals surface area (Å²) in [5.74, 6) is 0. The number of hydrogen-bond acceptors (Lipinski definition) is 2. The smallest absolute Gasteiger partial charge is 0.0499 e. The monoisotopic (exact) mass is 225 g/mol. The lowest BCUT2D eigenvalue weighted by Crippen LogP contribution is -2.41. The average molecular weight is 225 g/mol. The minimum absolute atomic E-state index is 0.231. The Labute approximate surface area is 100 Å². The minimum atomic E-state index is 0.231. The standard InChI is InChI=1S/C14H27NO/c1-2-15(13-7-8-13)11-14(12-16)9-5-3-4-6-10-14/h13,16H,2-12H2,1H3. The van der Waals surface area contributed by atoms with E-state index in [1.165, 1.54) is 51.4 Å². The molecular weight excluding hydrogens is 198 g/mol. The van der Waals surface area contributed by atoms with Gasteiger partial charge in [0.25, 0.3) is 0 Å². The number of hydrogen-bond donors (Lipinski definition) is 1. The first kappa shape index (κ1) is 12.4. The number of nitrogens with zero attached hydrogens (tertiary/aromatic N) is 1. The van der Waals surface area contributed by atoms with Gasteiger partial charge in [0, 0.05) is 24.6 Å². The summed E-state index contributed by atoms with van der Waals surface area (Å²) in [6, 6.07) is 0.844. The van der Waals surface area contributed by atoms with Crippen LogP contribution in [0.5, 0.6) is 0 Å². The van der Waals surface area contributed by atoms with Crippen LogP contribution in [0.25, 0.3) is 0 Å². The third kappa shape index (κ3) is 2.98. The van der Waals surface area contributed by atoms with Crippen molar-refractivity contribution < 1.29 is 5.11 Å². The quantitative estimate of drug-likeness (QED) is 0.727. The predicted molar refractivity (Wildman–Crippen MR) is 67.5 cm³/mol. The van der Waals surface area contributed by atoms with Crippen LogP contribution in [0.4, 0.5) is 0 Å². The van der Waals surface area contributed by atoms with Crippen molar-refractivity contribution in [3.63, 3.8) is 0 Å². The van der Waals surface area contributed by atoms with Gasteiger partial charge in [-0.2, -0.15) is 0 Å². The molecule has 2 nitrogen and oxygen atoms in total. The topological polar surface area (TPSA) is 23.5 Å². The molecule has 0 atom stereocenters. The zero-order chi connectivity index (χ0) is 11.4. The predicted octanol–water partition coefficient (Wildman–Crippen LogP) is 2.80. The Morgan fingerprint density at radius 2 is 1.75 bits per heavy atom. The maximum Gasteiger partial charge on any atom is 0.0499 e. The lowest BCUT2D eigenvalue weighted by molar-refractivity contribution is 0.0582. The molecule has 1 N–H and O–H groups in total. The number of aliphatic hydroxyl groups is 1. The van der Waals surface area contributed by atoms with Gasteiger partial charge in [0.05, 0.1) is 0 Å². The highest BCUT2D eigenvalue weighted by molar-refractivity contribution is 4.90. The van der Waals surface area contributed by atoms with Crippen LogP contribution >= 0.6 is 0 Å². The Balaban J connectivity index is 1.95. The summed E-state index contributed by atoms with van der Waals surface area (Å²) < 4.78 is 0. The van der Waals surface area contributed by atoms with E-state index in [0.29, 0.717) is 6.61 Å². The molecule has 2 fully saturated rings. The second-order valence-corrected chi connectivity index (χ2v) is 5.87. The van der Waals surface area contributed by atoms with E-state index in [1.807, 2.05) is 0 Å². The van der Waals surface area contributed by atoms with E-state index in [9.17, 15) is 5.11 Å². The van der Waals surface area contributed by atoms with E-state index in [4.69, 9.17) is 0 Å². The molecule has 0 bridgehead atoms. The van der Waals surface area contributed by atoms with E-state index < -0.39 is 0 Å². The maximum absolute atomic E-state index is 9.79. The SMILES string of the molecule is CCN(CC1(CO)CCCCCC1)C1CC1. The van der Waals surface area contributed by atoms with Gasteiger partial charge in [-0.1, -0.05) is 32.6 Å². The Morgan fingerprint density at radius 3 is 2.19 bits per heavy atom. The van der Waals surface area contributed by atoms with Gasteiger partial charge in [0.15, 0.2) is 0 Å². The third-order valence-corrected chi connectivity index (χ3v) is 4.51. The highest BCUT2D eigenvalue weighted by atomic mass is 16.3. The summed E-state index contributed by atoms with van der Waals surface area (Å²) >= 11 is 0. The van der Waals surface area contributed by atoms with E-state index in [2.05, 4.69) is 11.8 Å². The van der Waals surface area contributed by atoms with Crippen molar-refractivity contribution in [2.75, 3.05) is 19.7 Å². The molecule has 0 heterocycles. The first-order valence-electron chi connectivity index (χ1n) is 7.14. The molecule has 0 spiro atoms. The molecule has 0 saturated heterocycles. The molecule has 0 radical (unpaired) electrons. The molecule has 16 heavy (non-hydrogen) atoms. The van der Waals surface area contributed by atoms with Crippen molar-refractivity contribution in [1.82, 2.24) is 4.90 Å². The van der Waals surface area contributed by atoms with Crippen LogP contribution in [0.1, 0.15) is 58.3 Å². The van der Waals surface area contributed by atoms with Crippen molar-refractivity contribution in [2.24, 2.45) is 5.41 Å². The van der Waals surface area contributed by atoms with E-state index in [-0.39, 0.29) is 5.41 Å². The van der Waals surface area contributed by atoms with Crippen LogP contribution < -0.4 is 0 Å². The van der Waals surface area contributed by atoms with Gasteiger partial charge in [0.1, 0.15) is 0 Å². The van der Waals surface area contributed by atoms with Gasteiger partial charge in [-0.3, -0.25) is 0 Å². The van der Waals surface area contributed by atoms with Crippen molar-refractivity contribution in [2.45, 2.75) is 64.3 Å². The third-order valence-electron chi connectivity index (χ3n) is 4.51. The summed E-state index contributed by atoms with van der Waals surface area (Å²) in [5.41, 5.74) is 0.231. The summed E-state index contributed by atoms with van der Waals surface area (Å²) in [6.07, 6.45) is 10.6. The fourth-order valence-electron chi connectivity index (χ4n) is 3.21. The fourth-order valence-corrected chi connectivity index (χ4v) is 3.21. The summed E-state index contributed by atoms with van der Waals surface area (Å²) in [7, 11) is 0. The molecule has 94 valence electrons. The highest BCUT2D eigenvalue weighted by Gasteiger charge is 2.36. The van der Waals surface area contributed by atoms with Crippen LogP contribution in [0.2, 0.25) is 0 Å². The van der Waals surface area contributed by atoms with Crippen molar-refractivity contribution in [3.8, 4) is 0 Å². The number of aliphatic hydroxyl groups excluding tert-OH is 1. The Morgan fingerprint density at radius 1 is 1.12 bits per heavy atom. The maximum atomic E-state index is 9.79. The van der Waals surface area contributed by atoms with Crippen LogP contribution in [-0.2, 0) is 0 Å². The second kappa shape index (κ2) is 5.50. The second-order valence-electron chi connectivity index (χ2n) is 5.87. The molecule has 0 amide bonds. The summed E-state index contributed by atoms with van der Waals surface area (Å²) in [4.78, 5) is 2.61. The fraction of sp³-hybridized carbons (Fsp3) is 1.00. The van der Waals surface area contributed by atoms with E-state index in [1.54, 1.807) is 0 Å². The molecular formula is C14H27NO. The number of rotatable bonds is 5. The van der Waals surface area contributed by atoms with Gasteiger partial charge in [0.2, 0.25) is 0 Å².